The minimum Gasteiger partial charge on any atom is -0.443 e. The topological polar surface area (TPSA) is 107 Å². The first kappa shape index (κ1) is 20.7. The lowest BCUT2D eigenvalue weighted by atomic mass is 10.0. The van der Waals surface area contributed by atoms with Gasteiger partial charge >= 0.3 is 6.09 Å². The second kappa shape index (κ2) is 7.80. The number of nitrogens with zero attached hydrogens (tertiary/aromatic N) is 1. The summed E-state index contributed by atoms with van der Waals surface area (Å²) in [5, 5.41) is 0. The number of carbonyl (C=O) groups excluding carboxylic acids is 2. The fourth-order valence-electron chi connectivity index (χ4n) is 1.85. The number of amides is 2. The highest BCUT2D eigenvalue weighted by atomic mass is 32.2. The number of unbranched alkanes of at least 4 members (excludes halogenated alkanes) is 1. The average Bonchev–Trinajstić information content (AvgIpc) is 2.29. The van der Waals surface area contributed by atoms with Crippen molar-refractivity contribution in [3.63, 3.8) is 0 Å². The lowest BCUT2D eigenvalue weighted by Crippen LogP contribution is -2.55. The Kier molecular flexibility index (Phi) is 7.34. The molecule has 130 valence electrons. The zero-order valence-corrected chi connectivity index (χ0v) is 15.1. The van der Waals surface area contributed by atoms with Crippen LogP contribution < -0.4 is 5.73 Å². The summed E-state index contributed by atoms with van der Waals surface area (Å²) in [6.45, 7) is 9.95. The largest absolute Gasteiger partial charge is 0.443 e. The van der Waals surface area contributed by atoms with E-state index < -0.39 is 39.6 Å². The Labute approximate surface area is 133 Å². The number of sulfonamides is 1. The van der Waals surface area contributed by atoms with Crippen LogP contribution in [-0.2, 0) is 19.6 Å². The number of primary amides is 1. The molecule has 0 aliphatic heterocycles. The second-order valence-electron chi connectivity index (χ2n) is 6.54. The smallest absolute Gasteiger partial charge is 0.424 e. The van der Waals surface area contributed by atoms with Crippen molar-refractivity contribution in [2.75, 3.05) is 5.75 Å². The van der Waals surface area contributed by atoms with Gasteiger partial charge in [-0.05, 0) is 33.1 Å². The molecule has 2 amide bonds. The van der Waals surface area contributed by atoms with Crippen LogP contribution in [0.15, 0.2) is 0 Å². The van der Waals surface area contributed by atoms with Gasteiger partial charge in [0.2, 0.25) is 15.9 Å². The van der Waals surface area contributed by atoms with Gasteiger partial charge in [-0.2, -0.15) is 4.31 Å². The zero-order chi connectivity index (χ0) is 17.7. The van der Waals surface area contributed by atoms with Gasteiger partial charge in [0.15, 0.2) is 0 Å². The molecule has 0 aliphatic rings. The fraction of sp³-hybridized carbons (Fsp3) is 0.857. The highest BCUT2D eigenvalue weighted by molar-refractivity contribution is 7.89. The number of hydrogen-bond acceptors (Lipinski definition) is 5. The summed E-state index contributed by atoms with van der Waals surface area (Å²) in [5.41, 5.74) is 4.43. The molecule has 1 atom stereocenters. The molecular formula is C14H28N2O5S. The van der Waals surface area contributed by atoms with Crippen molar-refractivity contribution in [3.8, 4) is 0 Å². The summed E-state index contributed by atoms with van der Waals surface area (Å²) < 4.78 is 30.6. The van der Waals surface area contributed by atoms with E-state index in [1.54, 1.807) is 34.6 Å². The van der Waals surface area contributed by atoms with Crippen molar-refractivity contribution in [3.05, 3.63) is 0 Å². The first-order valence-electron chi connectivity index (χ1n) is 7.38. The van der Waals surface area contributed by atoms with Crippen LogP contribution in [0.1, 0.15) is 54.4 Å². The first-order chi connectivity index (χ1) is 9.83. The van der Waals surface area contributed by atoms with Crippen LogP contribution in [-0.4, -0.2) is 42.1 Å². The molecule has 2 N–H and O–H groups in total. The molecule has 0 radical (unpaired) electrons. The molecule has 0 aliphatic carbocycles. The highest BCUT2D eigenvalue weighted by Crippen LogP contribution is 2.21. The minimum absolute atomic E-state index is 0.237. The normalized spacial score (nSPS) is 13.8. The van der Waals surface area contributed by atoms with Gasteiger partial charge in [0.25, 0.3) is 0 Å². The van der Waals surface area contributed by atoms with E-state index in [2.05, 4.69) is 0 Å². The second-order valence-corrected chi connectivity index (χ2v) is 8.50. The SMILES string of the molecule is CCCCS(=O)(=O)N(C(=O)OC(C)(C)C)[C@H](C(N)=O)C(C)C. The highest BCUT2D eigenvalue weighted by Gasteiger charge is 2.41. The third kappa shape index (κ3) is 6.21. The summed E-state index contributed by atoms with van der Waals surface area (Å²) in [5.74, 6) is -1.57. The van der Waals surface area contributed by atoms with E-state index in [-0.39, 0.29) is 5.75 Å². The van der Waals surface area contributed by atoms with Crippen LogP contribution in [0, 0.1) is 5.92 Å². The molecule has 0 heterocycles. The number of carbonyl (C=O) groups is 2. The molecule has 0 unspecified atom stereocenters. The minimum atomic E-state index is -3.99. The molecule has 0 saturated heterocycles. The van der Waals surface area contributed by atoms with Gasteiger partial charge in [-0.15, -0.1) is 0 Å². The predicted octanol–water partition coefficient (Wildman–Crippen LogP) is 1.86. The van der Waals surface area contributed by atoms with E-state index in [0.717, 1.165) is 0 Å². The van der Waals surface area contributed by atoms with Gasteiger partial charge in [-0.3, -0.25) is 4.79 Å². The summed E-state index contributed by atoms with van der Waals surface area (Å²) in [6.07, 6.45) is -0.0451. The Bertz CT molecular complexity index is 494. The number of nitrogens with two attached hydrogens (primary N) is 1. The third-order valence-electron chi connectivity index (χ3n) is 2.80. The van der Waals surface area contributed by atoms with Crippen LogP contribution in [0.25, 0.3) is 0 Å². The molecular weight excluding hydrogens is 308 g/mol. The molecule has 8 heteroatoms. The van der Waals surface area contributed by atoms with Crippen LogP contribution in [0.3, 0.4) is 0 Å². The molecule has 7 nitrogen and oxygen atoms in total. The van der Waals surface area contributed by atoms with Gasteiger partial charge in [0, 0.05) is 0 Å². The van der Waals surface area contributed by atoms with Crippen LogP contribution in [0.4, 0.5) is 4.79 Å². The molecule has 0 aromatic rings. The lowest BCUT2D eigenvalue weighted by Gasteiger charge is -2.33. The molecule has 0 bridgehead atoms. The van der Waals surface area contributed by atoms with Crippen molar-refractivity contribution >= 4 is 22.0 Å². The fourth-order valence-corrected chi connectivity index (χ4v) is 3.65. The Morgan fingerprint density at radius 1 is 1.23 bits per heavy atom. The Morgan fingerprint density at radius 3 is 2.05 bits per heavy atom. The maximum Gasteiger partial charge on any atom is 0.424 e. The van der Waals surface area contributed by atoms with E-state index in [4.69, 9.17) is 10.5 Å². The van der Waals surface area contributed by atoms with Crippen LogP contribution in [0.5, 0.6) is 0 Å². The maximum atomic E-state index is 12.5. The van der Waals surface area contributed by atoms with Gasteiger partial charge in [-0.25, -0.2) is 13.2 Å². The van der Waals surface area contributed by atoms with E-state index in [1.807, 2.05) is 6.92 Å². The lowest BCUT2D eigenvalue weighted by molar-refractivity contribution is -0.123. The Balaban J connectivity index is 5.77. The molecule has 0 aromatic heterocycles. The standard InChI is InChI=1S/C14H28N2O5S/c1-7-8-9-22(19,20)16(11(10(2)3)12(15)17)13(18)21-14(4,5)6/h10-11H,7-9H2,1-6H3,(H2,15,17)/t11-/m0/s1. The van der Waals surface area contributed by atoms with Crippen molar-refractivity contribution in [1.82, 2.24) is 4.31 Å². The summed E-state index contributed by atoms with van der Waals surface area (Å²) in [7, 11) is -3.99. The van der Waals surface area contributed by atoms with Crippen molar-refractivity contribution in [2.45, 2.75) is 66.0 Å². The molecule has 0 saturated carbocycles. The van der Waals surface area contributed by atoms with E-state index in [0.29, 0.717) is 17.1 Å². The molecule has 22 heavy (non-hydrogen) atoms. The summed E-state index contributed by atoms with van der Waals surface area (Å²) in [4.78, 5) is 24.0. The number of hydrogen-bond donors (Lipinski definition) is 1. The maximum absolute atomic E-state index is 12.5. The summed E-state index contributed by atoms with van der Waals surface area (Å²) in [6, 6.07) is -1.27. The van der Waals surface area contributed by atoms with Gasteiger partial charge in [0.05, 0.1) is 5.75 Å². The third-order valence-corrected chi connectivity index (χ3v) is 4.58. The Hall–Kier alpha value is -1.31. The quantitative estimate of drug-likeness (QED) is 0.763. The van der Waals surface area contributed by atoms with Gasteiger partial charge in [0.1, 0.15) is 11.6 Å². The zero-order valence-electron chi connectivity index (χ0n) is 14.3. The van der Waals surface area contributed by atoms with Gasteiger partial charge in [-0.1, -0.05) is 27.2 Å². The molecule has 0 fully saturated rings. The predicted molar refractivity (Wildman–Crippen MR) is 84.6 cm³/mol. The molecule has 0 aromatic carbocycles. The average molecular weight is 336 g/mol. The van der Waals surface area contributed by atoms with E-state index in [9.17, 15) is 18.0 Å². The first-order valence-corrected chi connectivity index (χ1v) is 8.98. The van der Waals surface area contributed by atoms with Crippen molar-refractivity contribution in [1.29, 1.82) is 0 Å². The number of ether oxygens (including phenoxy) is 1. The van der Waals surface area contributed by atoms with Crippen molar-refractivity contribution < 1.29 is 22.7 Å². The van der Waals surface area contributed by atoms with E-state index >= 15 is 0 Å². The monoisotopic (exact) mass is 336 g/mol. The molecule has 0 rings (SSSR count). The summed E-state index contributed by atoms with van der Waals surface area (Å²) >= 11 is 0. The van der Waals surface area contributed by atoms with Crippen LogP contribution in [0.2, 0.25) is 0 Å². The number of rotatable bonds is 7. The molecule has 0 spiro atoms. The van der Waals surface area contributed by atoms with E-state index in [1.165, 1.54) is 0 Å². The van der Waals surface area contributed by atoms with Crippen LogP contribution >= 0.6 is 0 Å². The van der Waals surface area contributed by atoms with Crippen molar-refractivity contribution in [2.24, 2.45) is 11.7 Å². The van der Waals surface area contributed by atoms with Gasteiger partial charge < -0.3 is 10.5 Å². The Morgan fingerprint density at radius 2 is 1.73 bits per heavy atom.